The zero-order chi connectivity index (χ0) is 13.3. The third kappa shape index (κ3) is 4.59. The van der Waals surface area contributed by atoms with E-state index >= 15 is 0 Å². The first-order valence-corrected chi connectivity index (χ1v) is 6.63. The summed E-state index contributed by atoms with van der Waals surface area (Å²) in [6, 6.07) is 6.11. The summed E-state index contributed by atoms with van der Waals surface area (Å²) in [5.41, 5.74) is 3.57. The monoisotopic (exact) mass is 237 g/mol. The van der Waals surface area contributed by atoms with E-state index in [1.165, 1.54) is 11.1 Å². The summed E-state index contributed by atoms with van der Waals surface area (Å²) in [6.45, 7) is 10.1. The van der Waals surface area contributed by atoms with E-state index in [-0.39, 0.29) is 7.33 Å². The highest BCUT2D eigenvalue weighted by Gasteiger charge is 2.07. The molecular weight excluding hydrogens is 210 g/mol. The van der Waals surface area contributed by atoms with Crippen LogP contribution in [0.15, 0.2) is 18.2 Å². The van der Waals surface area contributed by atoms with Crippen LogP contribution in [0.5, 0.6) is 0 Å². The number of nitrogens with one attached hydrogen (secondary N) is 1. The van der Waals surface area contributed by atoms with Gasteiger partial charge in [0.2, 0.25) is 5.91 Å². The molecule has 1 aromatic rings. The Morgan fingerprint density at radius 1 is 1.18 bits per heavy atom. The van der Waals surface area contributed by atoms with Crippen LogP contribution in [-0.4, -0.2) is 5.91 Å². The summed E-state index contributed by atoms with van der Waals surface area (Å²) in [7, 11) is 0. The molecule has 1 aromatic carbocycles. The van der Waals surface area contributed by atoms with Gasteiger partial charge in [0.15, 0.2) is 0 Å². The molecule has 2 heteroatoms. The number of hydrogen-bond acceptors (Lipinski definition) is 1. The fourth-order valence-corrected chi connectivity index (χ4v) is 1.74. The number of benzene rings is 1. The Hall–Kier alpha value is -1.31. The van der Waals surface area contributed by atoms with Crippen LogP contribution in [0.3, 0.4) is 0 Å². The maximum atomic E-state index is 11.3. The molecule has 2 nitrogen and oxygen atoms in total. The molecule has 0 aliphatic carbocycles. The number of rotatable bonds is 4. The quantitative estimate of drug-likeness (QED) is 0.824. The molecule has 0 bridgehead atoms. The van der Waals surface area contributed by atoms with Gasteiger partial charge < -0.3 is 5.32 Å². The molecule has 0 unspecified atom stereocenters. The first-order valence-electron chi connectivity index (χ1n) is 6.63. The van der Waals surface area contributed by atoms with Gasteiger partial charge in [0.05, 0.1) is 0 Å². The minimum atomic E-state index is 0. The van der Waals surface area contributed by atoms with Crippen molar-refractivity contribution in [1.29, 1.82) is 0 Å². The van der Waals surface area contributed by atoms with Crippen molar-refractivity contribution in [2.24, 2.45) is 0 Å². The van der Waals surface area contributed by atoms with Gasteiger partial charge in [-0.25, -0.2) is 0 Å². The molecule has 0 aromatic heterocycles. The lowest BCUT2D eigenvalue weighted by Gasteiger charge is -2.12. The molecule has 0 radical (unpaired) electrons. The van der Waals surface area contributed by atoms with E-state index in [0.29, 0.717) is 6.42 Å². The third-order valence-electron chi connectivity index (χ3n) is 2.60. The molecule has 0 atom stereocenters. The standard InChI is InChI=1S/C13H19NO.C2H6.H2/c1-4-10-8-7-9-12(11(10)5-2)14-13(15)6-3;1-2;/h7-9H,4-6H2,1-3H3,(H,14,15);1-2H3;1H. The molecule has 0 aliphatic rings. The number of carbonyl (C=O) groups is 1. The molecule has 0 saturated carbocycles. The van der Waals surface area contributed by atoms with Gasteiger partial charge in [-0.2, -0.15) is 0 Å². The second-order valence-corrected chi connectivity index (χ2v) is 3.55. The molecule has 1 rings (SSSR count). The summed E-state index contributed by atoms with van der Waals surface area (Å²) in [4.78, 5) is 11.3. The molecule has 1 N–H and O–H groups in total. The Bertz CT molecular complexity index is 350. The number of anilines is 1. The van der Waals surface area contributed by atoms with Gasteiger partial charge in [0, 0.05) is 13.5 Å². The Morgan fingerprint density at radius 3 is 2.29 bits per heavy atom. The molecule has 0 heterocycles. The second kappa shape index (κ2) is 8.80. The van der Waals surface area contributed by atoms with Crippen LogP contribution < -0.4 is 5.32 Å². The smallest absolute Gasteiger partial charge is 0.224 e. The SMILES string of the molecule is CC.CCC(=O)Nc1cccc(CC)c1CC.[HH]. The van der Waals surface area contributed by atoms with E-state index in [2.05, 4.69) is 25.2 Å². The fourth-order valence-electron chi connectivity index (χ4n) is 1.74. The highest BCUT2D eigenvalue weighted by atomic mass is 16.1. The van der Waals surface area contributed by atoms with Crippen molar-refractivity contribution in [3.8, 4) is 0 Å². The van der Waals surface area contributed by atoms with Crippen LogP contribution >= 0.6 is 0 Å². The lowest BCUT2D eigenvalue weighted by molar-refractivity contribution is -0.115. The van der Waals surface area contributed by atoms with Crippen molar-refractivity contribution in [2.45, 2.75) is 53.9 Å². The van der Waals surface area contributed by atoms with Crippen molar-refractivity contribution in [3.05, 3.63) is 29.3 Å². The molecule has 0 saturated heterocycles. The summed E-state index contributed by atoms with van der Waals surface area (Å²) < 4.78 is 0. The lowest BCUT2D eigenvalue weighted by Crippen LogP contribution is -2.12. The van der Waals surface area contributed by atoms with Crippen LogP contribution in [0.4, 0.5) is 5.69 Å². The van der Waals surface area contributed by atoms with E-state index in [1.54, 1.807) is 0 Å². The first kappa shape index (κ1) is 15.7. The number of carbonyl (C=O) groups excluding carboxylic acids is 1. The molecule has 0 fully saturated rings. The Morgan fingerprint density at radius 2 is 1.82 bits per heavy atom. The van der Waals surface area contributed by atoms with E-state index in [1.807, 2.05) is 32.9 Å². The van der Waals surface area contributed by atoms with Gasteiger partial charge >= 0.3 is 0 Å². The van der Waals surface area contributed by atoms with Crippen molar-refractivity contribution in [3.63, 3.8) is 0 Å². The van der Waals surface area contributed by atoms with Crippen molar-refractivity contribution in [2.75, 3.05) is 5.32 Å². The van der Waals surface area contributed by atoms with Crippen LogP contribution in [0.25, 0.3) is 0 Å². The normalized spacial score (nSPS) is 9.24. The lowest BCUT2D eigenvalue weighted by atomic mass is 10.0. The Balaban J connectivity index is 0. The Kier molecular flexibility index (Phi) is 8.12. The zero-order valence-corrected chi connectivity index (χ0v) is 11.8. The van der Waals surface area contributed by atoms with Crippen LogP contribution in [0.1, 0.15) is 53.6 Å². The van der Waals surface area contributed by atoms with Crippen molar-refractivity contribution < 1.29 is 6.22 Å². The minimum Gasteiger partial charge on any atom is -0.326 e. The van der Waals surface area contributed by atoms with Crippen LogP contribution in [0, 0.1) is 0 Å². The average Bonchev–Trinajstić information content (AvgIpc) is 2.40. The van der Waals surface area contributed by atoms with Gasteiger partial charge in [0.1, 0.15) is 0 Å². The van der Waals surface area contributed by atoms with Gasteiger partial charge in [-0.05, 0) is 30.0 Å². The largest absolute Gasteiger partial charge is 0.326 e. The van der Waals surface area contributed by atoms with Crippen molar-refractivity contribution >= 4 is 11.6 Å². The molecule has 0 spiro atoms. The summed E-state index contributed by atoms with van der Waals surface area (Å²) in [6.07, 6.45) is 2.50. The van der Waals surface area contributed by atoms with Gasteiger partial charge in [0.25, 0.3) is 0 Å². The zero-order valence-electron chi connectivity index (χ0n) is 11.8. The van der Waals surface area contributed by atoms with Crippen molar-refractivity contribution in [1.82, 2.24) is 0 Å². The van der Waals surface area contributed by atoms with E-state index < -0.39 is 0 Å². The second-order valence-electron chi connectivity index (χ2n) is 3.55. The van der Waals surface area contributed by atoms with Gasteiger partial charge in [-0.15, -0.1) is 0 Å². The summed E-state index contributed by atoms with van der Waals surface area (Å²) in [5, 5.41) is 2.95. The van der Waals surface area contributed by atoms with Gasteiger partial charge in [-0.1, -0.05) is 46.8 Å². The van der Waals surface area contributed by atoms with E-state index in [4.69, 9.17) is 0 Å². The number of amides is 1. The minimum absolute atomic E-state index is 0. The Labute approximate surface area is 107 Å². The van der Waals surface area contributed by atoms with E-state index in [0.717, 1.165) is 18.5 Å². The average molecular weight is 237 g/mol. The van der Waals surface area contributed by atoms with Crippen LogP contribution in [-0.2, 0) is 17.6 Å². The maximum absolute atomic E-state index is 11.3. The number of aryl methyl sites for hydroxylation is 1. The van der Waals surface area contributed by atoms with E-state index in [9.17, 15) is 4.79 Å². The highest BCUT2D eigenvalue weighted by molar-refractivity contribution is 5.91. The predicted octanol–water partition coefficient (Wildman–Crippen LogP) is 4.43. The molecule has 17 heavy (non-hydrogen) atoms. The topological polar surface area (TPSA) is 29.1 Å². The third-order valence-corrected chi connectivity index (χ3v) is 2.60. The van der Waals surface area contributed by atoms with Gasteiger partial charge in [-0.3, -0.25) is 4.79 Å². The highest BCUT2D eigenvalue weighted by Crippen LogP contribution is 2.21. The summed E-state index contributed by atoms with van der Waals surface area (Å²) >= 11 is 0. The predicted molar refractivity (Wildman–Crippen MR) is 77.6 cm³/mol. The molecular formula is C15H27NO. The molecule has 1 amide bonds. The maximum Gasteiger partial charge on any atom is 0.224 e. The first-order chi connectivity index (χ1) is 8.22. The number of hydrogen-bond donors (Lipinski definition) is 1. The molecule has 98 valence electrons. The van der Waals surface area contributed by atoms with Crippen LogP contribution in [0.2, 0.25) is 0 Å². The molecule has 0 aliphatic heterocycles. The summed E-state index contributed by atoms with van der Waals surface area (Å²) in [5.74, 6) is 0.0814. The fraction of sp³-hybridized carbons (Fsp3) is 0.533.